The Morgan fingerprint density at radius 1 is 1.38 bits per heavy atom. The Morgan fingerprint density at radius 3 is 2.75 bits per heavy atom. The third-order valence-corrected chi connectivity index (χ3v) is 5.04. The molecule has 2 nitrogen and oxygen atoms in total. The van der Waals surface area contributed by atoms with Crippen molar-refractivity contribution in [2.24, 2.45) is 5.41 Å². The van der Waals surface area contributed by atoms with E-state index in [-0.39, 0.29) is 0 Å². The zero-order valence-corrected chi connectivity index (χ0v) is 11.3. The second-order valence-corrected chi connectivity index (χ2v) is 6.17. The van der Waals surface area contributed by atoms with Crippen LogP contribution in [0, 0.1) is 12.3 Å². The maximum Gasteiger partial charge on any atom is 0.128 e. The average molecular weight is 281 g/mol. The summed E-state index contributed by atoms with van der Waals surface area (Å²) in [5.41, 5.74) is 1.93. The summed E-state index contributed by atoms with van der Waals surface area (Å²) in [4.78, 5) is 6.98. The van der Waals surface area contributed by atoms with Crippen LogP contribution in [0.2, 0.25) is 0 Å². The minimum Gasteiger partial charge on any atom is -0.356 e. The molecule has 1 aromatic heterocycles. The van der Waals surface area contributed by atoms with Crippen LogP contribution in [0.3, 0.4) is 0 Å². The first-order valence-corrected chi connectivity index (χ1v) is 6.85. The predicted molar refractivity (Wildman–Crippen MR) is 69.8 cm³/mol. The van der Waals surface area contributed by atoms with E-state index in [0.29, 0.717) is 5.41 Å². The quantitative estimate of drug-likeness (QED) is 0.782. The lowest BCUT2D eigenvalue weighted by molar-refractivity contribution is 0.165. The maximum atomic E-state index is 4.52. The van der Waals surface area contributed by atoms with E-state index in [1.807, 2.05) is 6.20 Å². The van der Waals surface area contributed by atoms with Crippen LogP contribution < -0.4 is 4.90 Å². The summed E-state index contributed by atoms with van der Waals surface area (Å²) < 4.78 is 1.11. The molecule has 1 saturated carbocycles. The van der Waals surface area contributed by atoms with E-state index in [9.17, 15) is 0 Å². The molecule has 0 atom stereocenters. The smallest absolute Gasteiger partial charge is 0.128 e. The molecule has 3 rings (SSSR count). The van der Waals surface area contributed by atoms with Crippen LogP contribution in [0.4, 0.5) is 5.82 Å². The van der Waals surface area contributed by atoms with Crippen LogP contribution in [-0.2, 0) is 0 Å². The van der Waals surface area contributed by atoms with Crippen molar-refractivity contribution in [1.29, 1.82) is 0 Å². The van der Waals surface area contributed by atoms with Crippen LogP contribution in [0.15, 0.2) is 16.7 Å². The topological polar surface area (TPSA) is 16.1 Å². The molecule has 0 aromatic carbocycles. The number of aryl methyl sites for hydroxylation is 1. The Labute approximate surface area is 105 Å². The van der Waals surface area contributed by atoms with Crippen molar-refractivity contribution >= 4 is 21.7 Å². The number of hydrogen-bond acceptors (Lipinski definition) is 2. The van der Waals surface area contributed by atoms with Gasteiger partial charge in [0.05, 0.1) is 0 Å². The summed E-state index contributed by atoms with van der Waals surface area (Å²) in [5, 5.41) is 0. The van der Waals surface area contributed by atoms with Gasteiger partial charge in [-0.05, 0) is 59.2 Å². The average Bonchev–Trinajstić information content (AvgIpc) is 2.66. The largest absolute Gasteiger partial charge is 0.356 e. The Kier molecular flexibility index (Phi) is 2.46. The van der Waals surface area contributed by atoms with Gasteiger partial charge in [0.25, 0.3) is 0 Å². The lowest BCUT2D eigenvalue weighted by Gasteiger charge is -2.38. The van der Waals surface area contributed by atoms with Crippen LogP contribution in [0.1, 0.15) is 31.2 Å². The summed E-state index contributed by atoms with van der Waals surface area (Å²) >= 11 is 3.50. The van der Waals surface area contributed by atoms with Gasteiger partial charge in [-0.3, -0.25) is 0 Å². The Hall–Kier alpha value is -0.570. The van der Waals surface area contributed by atoms with Crippen LogP contribution >= 0.6 is 15.9 Å². The van der Waals surface area contributed by atoms with Gasteiger partial charge in [0.1, 0.15) is 5.82 Å². The first-order valence-electron chi connectivity index (χ1n) is 6.06. The van der Waals surface area contributed by atoms with Crippen molar-refractivity contribution in [2.75, 3.05) is 18.0 Å². The van der Waals surface area contributed by atoms with Gasteiger partial charge in [-0.15, -0.1) is 0 Å². The fraction of sp³-hybridized carbons (Fsp3) is 0.615. The van der Waals surface area contributed by atoms with E-state index < -0.39 is 0 Å². The van der Waals surface area contributed by atoms with E-state index in [4.69, 9.17) is 0 Å². The van der Waals surface area contributed by atoms with Crippen LogP contribution in [0.25, 0.3) is 0 Å². The van der Waals surface area contributed by atoms with Gasteiger partial charge in [-0.2, -0.15) is 0 Å². The van der Waals surface area contributed by atoms with Crippen molar-refractivity contribution in [1.82, 2.24) is 4.98 Å². The summed E-state index contributed by atoms with van der Waals surface area (Å²) in [6.45, 7) is 4.54. The lowest BCUT2D eigenvalue weighted by Crippen LogP contribution is -2.33. The number of halogens is 1. The van der Waals surface area contributed by atoms with Gasteiger partial charge in [-0.1, -0.05) is 6.42 Å². The molecule has 1 saturated heterocycles. The maximum absolute atomic E-state index is 4.52. The normalized spacial score (nSPS) is 22.5. The summed E-state index contributed by atoms with van der Waals surface area (Å²) in [5.74, 6) is 1.16. The fourth-order valence-corrected chi connectivity index (χ4v) is 3.13. The third-order valence-electron chi connectivity index (χ3n) is 4.21. The van der Waals surface area contributed by atoms with Crippen molar-refractivity contribution in [3.05, 3.63) is 22.3 Å². The predicted octanol–water partition coefficient (Wildman–Crippen LogP) is 3.53. The van der Waals surface area contributed by atoms with Gasteiger partial charge in [0.15, 0.2) is 0 Å². The zero-order chi connectivity index (χ0) is 11.2. The van der Waals surface area contributed by atoms with Gasteiger partial charge >= 0.3 is 0 Å². The van der Waals surface area contributed by atoms with Crippen LogP contribution in [0.5, 0.6) is 0 Å². The van der Waals surface area contributed by atoms with E-state index in [2.05, 4.69) is 38.8 Å². The molecule has 2 fully saturated rings. The number of anilines is 1. The molecule has 1 spiro atoms. The molecule has 16 heavy (non-hydrogen) atoms. The Morgan fingerprint density at radius 2 is 2.19 bits per heavy atom. The highest BCUT2D eigenvalue weighted by molar-refractivity contribution is 9.10. The number of nitrogens with zero attached hydrogens (tertiary/aromatic N) is 2. The summed E-state index contributed by atoms with van der Waals surface area (Å²) in [7, 11) is 0. The highest BCUT2D eigenvalue weighted by Gasteiger charge is 2.43. The zero-order valence-electron chi connectivity index (χ0n) is 9.67. The first-order chi connectivity index (χ1) is 7.69. The molecule has 2 aliphatic rings. The molecule has 0 amide bonds. The van der Waals surface area contributed by atoms with Crippen LogP contribution in [-0.4, -0.2) is 18.1 Å². The lowest BCUT2D eigenvalue weighted by atomic mass is 9.68. The number of pyridine rings is 1. The third kappa shape index (κ3) is 1.65. The fourth-order valence-electron chi connectivity index (χ4n) is 2.91. The molecule has 1 aliphatic carbocycles. The molecule has 3 heteroatoms. The minimum absolute atomic E-state index is 0.655. The van der Waals surface area contributed by atoms with Crippen molar-refractivity contribution in [2.45, 2.75) is 32.6 Å². The highest BCUT2D eigenvalue weighted by atomic mass is 79.9. The van der Waals surface area contributed by atoms with E-state index >= 15 is 0 Å². The monoisotopic (exact) mass is 280 g/mol. The van der Waals surface area contributed by atoms with Gasteiger partial charge < -0.3 is 4.90 Å². The van der Waals surface area contributed by atoms with Crippen molar-refractivity contribution in [3.8, 4) is 0 Å². The summed E-state index contributed by atoms with van der Waals surface area (Å²) in [6, 6.07) is 2.20. The van der Waals surface area contributed by atoms with E-state index in [1.54, 1.807) is 0 Å². The molecular formula is C13H17BrN2. The molecule has 2 heterocycles. The molecule has 1 aromatic rings. The van der Waals surface area contributed by atoms with Gasteiger partial charge in [0, 0.05) is 23.8 Å². The summed E-state index contributed by atoms with van der Waals surface area (Å²) in [6.07, 6.45) is 7.58. The van der Waals surface area contributed by atoms with Crippen molar-refractivity contribution < 1.29 is 0 Å². The molecule has 0 bridgehead atoms. The minimum atomic E-state index is 0.655. The van der Waals surface area contributed by atoms with E-state index in [0.717, 1.165) is 10.3 Å². The Balaban J connectivity index is 1.80. The number of aromatic nitrogens is 1. The van der Waals surface area contributed by atoms with E-state index in [1.165, 1.54) is 44.3 Å². The number of hydrogen-bond donors (Lipinski definition) is 0. The molecular weight excluding hydrogens is 264 g/mol. The van der Waals surface area contributed by atoms with Crippen molar-refractivity contribution in [3.63, 3.8) is 0 Å². The highest BCUT2D eigenvalue weighted by Crippen LogP contribution is 2.48. The molecule has 0 radical (unpaired) electrons. The standard InChI is InChI=1S/C13H17BrN2/c1-10-7-12(15-8-11(10)14)16-6-5-13(9-16)3-2-4-13/h7-8H,2-6,9H2,1H3. The molecule has 0 unspecified atom stereocenters. The molecule has 86 valence electrons. The Bertz CT molecular complexity index is 412. The first kappa shape index (κ1) is 10.6. The SMILES string of the molecule is Cc1cc(N2CCC3(CCC3)C2)ncc1Br. The van der Waals surface area contributed by atoms with Gasteiger partial charge in [0.2, 0.25) is 0 Å². The second-order valence-electron chi connectivity index (χ2n) is 5.32. The number of rotatable bonds is 1. The van der Waals surface area contributed by atoms with Gasteiger partial charge in [-0.25, -0.2) is 4.98 Å². The second kappa shape index (κ2) is 3.73. The molecule has 0 N–H and O–H groups in total. The molecule has 1 aliphatic heterocycles.